The first-order valence-electron chi connectivity index (χ1n) is 9.56. The minimum absolute atomic E-state index is 0.00454. The lowest BCUT2D eigenvalue weighted by Gasteiger charge is -2.41. The van der Waals surface area contributed by atoms with Crippen molar-refractivity contribution in [2.24, 2.45) is 0 Å². The third-order valence-electron chi connectivity index (χ3n) is 5.44. The van der Waals surface area contributed by atoms with Gasteiger partial charge in [0, 0.05) is 17.1 Å². The van der Waals surface area contributed by atoms with Crippen LogP contribution >= 0.6 is 11.6 Å². The highest BCUT2D eigenvalue weighted by Gasteiger charge is 2.33. The van der Waals surface area contributed by atoms with Gasteiger partial charge in [0.2, 0.25) is 0 Å². The zero-order valence-electron chi connectivity index (χ0n) is 15.5. The number of likely N-dealkylation sites (tertiary alicyclic amines) is 1. The predicted molar refractivity (Wildman–Crippen MR) is 104 cm³/mol. The van der Waals surface area contributed by atoms with Gasteiger partial charge in [0.25, 0.3) is 0 Å². The molecule has 1 fully saturated rings. The van der Waals surface area contributed by atoms with Gasteiger partial charge in [-0.2, -0.15) is 13.2 Å². The topological polar surface area (TPSA) is 3.24 Å². The number of nitrogens with zero attached hydrogens (tertiary/aromatic N) is 1. The Bertz CT molecular complexity index is 742. The molecule has 0 bridgehead atoms. The van der Waals surface area contributed by atoms with Crippen molar-refractivity contribution >= 4 is 11.6 Å². The Kier molecular flexibility index (Phi) is 6.48. The maximum Gasteiger partial charge on any atom is 0.416 e. The van der Waals surface area contributed by atoms with Gasteiger partial charge >= 0.3 is 6.18 Å². The van der Waals surface area contributed by atoms with Crippen LogP contribution in [-0.2, 0) is 12.6 Å². The highest BCUT2D eigenvalue weighted by atomic mass is 35.5. The van der Waals surface area contributed by atoms with Gasteiger partial charge < -0.3 is 0 Å². The van der Waals surface area contributed by atoms with Gasteiger partial charge in [0.1, 0.15) is 0 Å². The summed E-state index contributed by atoms with van der Waals surface area (Å²) in [6, 6.07) is 14.0. The molecule has 3 rings (SSSR count). The Morgan fingerprint density at radius 1 is 1.11 bits per heavy atom. The number of piperidine rings is 1. The second-order valence-corrected chi connectivity index (χ2v) is 7.70. The molecule has 2 aromatic carbocycles. The number of rotatable bonds is 5. The summed E-state index contributed by atoms with van der Waals surface area (Å²) in [5.41, 5.74) is 1.41. The Balaban J connectivity index is 1.84. The molecule has 0 amide bonds. The van der Waals surface area contributed by atoms with Crippen molar-refractivity contribution < 1.29 is 13.2 Å². The smallest absolute Gasteiger partial charge is 0.293 e. The Morgan fingerprint density at radius 2 is 1.85 bits per heavy atom. The van der Waals surface area contributed by atoms with E-state index in [0.717, 1.165) is 55.3 Å². The lowest BCUT2D eigenvalue weighted by atomic mass is 9.91. The molecule has 2 unspecified atom stereocenters. The SMILES string of the molecule is CCC(c1cccc(C(F)(F)F)c1)N1CCCCC1Cc1ccc(Cl)cc1. The van der Waals surface area contributed by atoms with Crippen LogP contribution in [0, 0.1) is 0 Å². The average molecular weight is 396 g/mol. The molecule has 0 saturated carbocycles. The summed E-state index contributed by atoms with van der Waals surface area (Å²) in [6.45, 7) is 2.98. The van der Waals surface area contributed by atoms with Gasteiger partial charge in [-0.3, -0.25) is 4.90 Å². The summed E-state index contributed by atoms with van der Waals surface area (Å²) in [5, 5.41) is 0.717. The number of hydrogen-bond acceptors (Lipinski definition) is 1. The monoisotopic (exact) mass is 395 g/mol. The average Bonchev–Trinajstić information content (AvgIpc) is 2.65. The van der Waals surface area contributed by atoms with E-state index in [1.165, 1.54) is 17.7 Å². The van der Waals surface area contributed by atoms with Crippen LogP contribution in [0.4, 0.5) is 13.2 Å². The van der Waals surface area contributed by atoms with Gasteiger partial charge in [0.05, 0.1) is 5.56 Å². The third kappa shape index (κ3) is 5.05. The van der Waals surface area contributed by atoms with Crippen LogP contribution in [0.5, 0.6) is 0 Å². The third-order valence-corrected chi connectivity index (χ3v) is 5.69. The summed E-state index contributed by atoms with van der Waals surface area (Å²) in [5.74, 6) is 0. The van der Waals surface area contributed by atoms with Crippen molar-refractivity contribution in [1.82, 2.24) is 4.90 Å². The van der Waals surface area contributed by atoms with Crippen molar-refractivity contribution in [1.29, 1.82) is 0 Å². The maximum atomic E-state index is 13.1. The van der Waals surface area contributed by atoms with Crippen molar-refractivity contribution in [2.45, 2.75) is 57.3 Å². The van der Waals surface area contributed by atoms with Gasteiger partial charge in [-0.05, 0) is 67.6 Å². The van der Waals surface area contributed by atoms with Crippen LogP contribution in [0.15, 0.2) is 48.5 Å². The molecule has 146 valence electrons. The summed E-state index contributed by atoms with van der Waals surface area (Å²) in [7, 11) is 0. The number of halogens is 4. The van der Waals surface area contributed by atoms with Crippen molar-refractivity contribution in [3.8, 4) is 0 Å². The van der Waals surface area contributed by atoms with Crippen LogP contribution in [0.25, 0.3) is 0 Å². The largest absolute Gasteiger partial charge is 0.416 e. The van der Waals surface area contributed by atoms with Crippen molar-refractivity contribution in [3.05, 3.63) is 70.2 Å². The van der Waals surface area contributed by atoms with Gasteiger partial charge in [-0.1, -0.05) is 49.2 Å². The van der Waals surface area contributed by atoms with E-state index in [1.54, 1.807) is 0 Å². The molecular weight excluding hydrogens is 371 g/mol. The number of benzene rings is 2. The normalized spacial score (nSPS) is 19.8. The molecule has 0 radical (unpaired) electrons. The first-order chi connectivity index (χ1) is 12.9. The maximum absolute atomic E-state index is 13.1. The fraction of sp³-hybridized carbons (Fsp3) is 0.455. The van der Waals surface area contributed by atoms with Crippen molar-refractivity contribution in [3.63, 3.8) is 0 Å². The van der Waals surface area contributed by atoms with E-state index in [1.807, 2.05) is 30.3 Å². The van der Waals surface area contributed by atoms with E-state index in [-0.39, 0.29) is 6.04 Å². The zero-order valence-corrected chi connectivity index (χ0v) is 16.2. The molecule has 0 aliphatic carbocycles. The number of hydrogen-bond donors (Lipinski definition) is 0. The highest BCUT2D eigenvalue weighted by molar-refractivity contribution is 6.30. The van der Waals surface area contributed by atoms with Crippen LogP contribution < -0.4 is 0 Å². The molecule has 0 spiro atoms. The van der Waals surface area contributed by atoms with E-state index in [9.17, 15) is 13.2 Å². The predicted octanol–water partition coefficient (Wildman–Crippen LogP) is 6.91. The molecule has 1 saturated heterocycles. The lowest BCUT2D eigenvalue weighted by Crippen LogP contribution is -2.43. The van der Waals surface area contributed by atoms with Gasteiger partial charge in [-0.25, -0.2) is 0 Å². The molecule has 0 N–H and O–H groups in total. The van der Waals surface area contributed by atoms with Gasteiger partial charge in [0.15, 0.2) is 0 Å². The summed E-state index contributed by atoms with van der Waals surface area (Å²) >= 11 is 5.99. The van der Waals surface area contributed by atoms with E-state index in [2.05, 4.69) is 11.8 Å². The summed E-state index contributed by atoms with van der Waals surface area (Å²) < 4.78 is 39.4. The lowest BCUT2D eigenvalue weighted by molar-refractivity contribution is -0.137. The molecule has 1 heterocycles. The summed E-state index contributed by atoms with van der Waals surface area (Å²) in [6.07, 6.45) is 0.697. The van der Waals surface area contributed by atoms with E-state index in [4.69, 9.17) is 11.6 Å². The van der Waals surface area contributed by atoms with Crippen LogP contribution in [-0.4, -0.2) is 17.5 Å². The quantitative estimate of drug-likeness (QED) is 0.531. The molecule has 27 heavy (non-hydrogen) atoms. The standard InChI is InChI=1S/C22H25ClF3N/c1-2-21(17-6-5-7-18(15-17)22(24,25)26)27-13-4-3-8-20(27)14-16-9-11-19(23)12-10-16/h5-7,9-12,15,20-21H,2-4,8,13-14H2,1H3. The molecule has 1 aliphatic rings. The first-order valence-corrected chi connectivity index (χ1v) is 9.93. The van der Waals surface area contributed by atoms with Crippen LogP contribution in [0.1, 0.15) is 55.3 Å². The van der Waals surface area contributed by atoms with Crippen LogP contribution in [0.3, 0.4) is 0 Å². The molecule has 5 heteroatoms. The molecule has 2 atom stereocenters. The minimum atomic E-state index is -4.31. The molecule has 1 aliphatic heterocycles. The first kappa shape index (κ1) is 20.2. The van der Waals surface area contributed by atoms with E-state index < -0.39 is 11.7 Å². The van der Waals surface area contributed by atoms with Gasteiger partial charge in [-0.15, -0.1) is 0 Å². The zero-order chi connectivity index (χ0) is 19.4. The Hall–Kier alpha value is -1.52. The Morgan fingerprint density at radius 3 is 2.52 bits per heavy atom. The Labute approximate surface area is 164 Å². The van der Waals surface area contributed by atoms with E-state index >= 15 is 0 Å². The number of alkyl halides is 3. The summed E-state index contributed by atoms with van der Waals surface area (Å²) in [4.78, 5) is 2.41. The van der Waals surface area contributed by atoms with E-state index in [0.29, 0.717) is 6.04 Å². The molecule has 2 aromatic rings. The highest BCUT2D eigenvalue weighted by Crippen LogP contribution is 2.36. The fourth-order valence-corrected chi connectivity index (χ4v) is 4.25. The second kappa shape index (κ2) is 8.66. The van der Waals surface area contributed by atoms with Crippen molar-refractivity contribution in [2.75, 3.05) is 6.54 Å². The fourth-order valence-electron chi connectivity index (χ4n) is 4.13. The minimum Gasteiger partial charge on any atom is -0.293 e. The molecule has 1 nitrogen and oxygen atoms in total. The second-order valence-electron chi connectivity index (χ2n) is 7.27. The molecular formula is C22H25ClF3N. The van der Waals surface area contributed by atoms with Crippen LogP contribution in [0.2, 0.25) is 5.02 Å². The molecule has 0 aromatic heterocycles.